The van der Waals surface area contributed by atoms with Crippen LogP contribution in [0.5, 0.6) is 0 Å². The molecule has 0 radical (unpaired) electrons. The van der Waals surface area contributed by atoms with Crippen molar-refractivity contribution in [1.29, 1.82) is 0 Å². The largest absolute Gasteiger partial charge is 0.397 e. The van der Waals surface area contributed by atoms with E-state index < -0.39 is 0 Å². The highest BCUT2D eigenvalue weighted by Crippen LogP contribution is 2.16. The summed E-state index contributed by atoms with van der Waals surface area (Å²) >= 11 is 0. The van der Waals surface area contributed by atoms with Crippen LogP contribution in [0.25, 0.3) is 0 Å². The number of anilines is 1. The molecule has 0 aromatic carbocycles. The topological polar surface area (TPSA) is 77.9 Å². The average Bonchev–Trinajstić information content (AvgIpc) is 2.98. The van der Waals surface area contributed by atoms with Gasteiger partial charge in [0, 0.05) is 31.2 Å². The second kappa shape index (κ2) is 5.60. The first kappa shape index (κ1) is 13.2. The summed E-state index contributed by atoms with van der Waals surface area (Å²) in [5.74, 6) is -0.113. The van der Waals surface area contributed by atoms with Crippen LogP contribution in [0, 0.1) is 0 Å². The molecule has 0 bridgehead atoms. The van der Waals surface area contributed by atoms with E-state index >= 15 is 0 Å². The molecule has 0 fully saturated rings. The number of aromatic nitrogens is 3. The first-order valence-corrected chi connectivity index (χ1v) is 6.31. The van der Waals surface area contributed by atoms with Gasteiger partial charge >= 0.3 is 0 Å². The number of carbonyl (C=O) groups excluding carboxylic acids is 1. The normalized spacial score (nSPS) is 10.9. The van der Waals surface area contributed by atoms with E-state index in [1.807, 2.05) is 30.7 Å². The SMILES string of the molecule is CC(C)n1cc(N)cc1C(=O)NCCn1cccn1. The molecule has 0 aliphatic heterocycles. The molecular formula is C13H19N5O. The molecule has 0 atom stereocenters. The number of hydrogen-bond acceptors (Lipinski definition) is 3. The number of nitrogens with two attached hydrogens (primary N) is 1. The van der Waals surface area contributed by atoms with E-state index in [4.69, 9.17) is 5.73 Å². The number of carbonyl (C=O) groups is 1. The van der Waals surface area contributed by atoms with Crippen LogP contribution in [0.2, 0.25) is 0 Å². The zero-order valence-electron chi connectivity index (χ0n) is 11.2. The lowest BCUT2D eigenvalue weighted by Gasteiger charge is -2.12. The predicted octanol–water partition coefficient (Wildman–Crippen LogP) is 1.28. The smallest absolute Gasteiger partial charge is 0.268 e. The Balaban J connectivity index is 1.96. The fourth-order valence-corrected chi connectivity index (χ4v) is 1.92. The van der Waals surface area contributed by atoms with Gasteiger partial charge in [-0.15, -0.1) is 0 Å². The van der Waals surface area contributed by atoms with E-state index in [0.717, 1.165) is 0 Å². The van der Waals surface area contributed by atoms with Crippen molar-refractivity contribution in [2.75, 3.05) is 12.3 Å². The van der Waals surface area contributed by atoms with Crippen molar-refractivity contribution in [3.05, 3.63) is 36.4 Å². The molecule has 6 nitrogen and oxygen atoms in total. The quantitative estimate of drug-likeness (QED) is 0.851. The summed E-state index contributed by atoms with van der Waals surface area (Å²) in [6.07, 6.45) is 5.36. The van der Waals surface area contributed by atoms with Gasteiger partial charge in [-0.2, -0.15) is 5.10 Å². The van der Waals surface area contributed by atoms with E-state index in [0.29, 0.717) is 24.5 Å². The van der Waals surface area contributed by atoms with Crippen LogP contribution >= 0.6 is 0 Å². The molecular weight excluding hydrogens is 242 g/mol. The molecule has 102 valence electrons. The third kappa shape index (κ3) is 3.15. The van der Waals surface area contributed by atoms with Gasteiger partial charge in [0.05, 0.1) is 12.2 Å². The zero-order chi connectivity index (χ0) is 13.8. The lowest BCUT2D eigenvalue weighted by atomic mass is 10.3. The highest BCUT2D eigenvalue weighted by Gasteiger charge is 2.14. The van der Waals surface area contributed by atoms with Gasteiger partial charge in [0.15, 0.2) is 0 Å². The van der Waals surface area contributed by atoms with Crippen molar-refractivity contribution >= 4 is 11.6 Å². The van der Waals surface area contributed by atoms with Gasteiger partial charge in [0.1, 0.15) is 5.69 Å². The van der Waals surface area contributed by atoms with Gasteiger partial charge in [0.25, 0.3) is 5.91 Å². The second-order valence-electron chi connectivity index (χ2n) is 4.68. The summed E-state index contributed by atoms with van der Waals surface area (Å²) in [6.45, 7) is 5.21. The molecule has 0 spiro atoms. The first-order valence-electron chi connectivity index (χ1n) is 6.31. The maximum absolute atomic E-state index is 12.1. The Bertz CT molecular complexity index is 541. The Morgan fingerprint density at radius 3 is 2.95 bits per heavy atom. The Morgan fingerprint density at radius 1 is 1.53 bits per heavy atom. The molecule has 0 saturated heterocycles. The summed E-state index contributed by atoms with van der Waals surface area (Å²) < 4.78 is 3.65. The molecule has 0 aliphatic carbocycles. The van der Waals surface area contributed by atoms with Crippen LogP contribution in [0.3, 0.4) is 0 Å². The fourth-order valence-electron chi connectivity index (χ4n) is 1.92. The van der Waals surface area contributed by atoms with Crippen LogP contribution in [0.1, 0.15) is 30.4 Å². The second-order valence-corrected chi connectivity index (χ2v) is 4.68. The summed E-state index contributed by atoms with van der Waals surface area (Å²) in [7, 11) is 0. The highest BCUT2D eigenvalue weighted by atomic mass is 16.1. The number of nitrogens with one attached hydrogen (secondary N) is 1. The van der Waals surface area contributed by atoms with Crippen LogP contribution in [-0.2, 0) is 6.54 Å². The van der Waals surface area contributed by atoms with Crippen molar-refractivity contribution in [1.82, 2.24) is 19.7 Å². The molecule has 2 heterocycles. The lowest BCUT2D eigenvalue weighted by Crippen LogP contribution is -2.29. The Kier molecular flexibility index (Phi) is 3.89. The van der Waals surface area contributed by atoms with E-state index in [1.54, 1.807) is 23.1 Å². The minimum absolute atomic E-state index is 0.113. The molecule has 0 unspecified atom stereocenters. The summed E-state index contributed by atoms with van der Waals surface area (Å²) in [6, 6.07) is 3.75. The monoisotopic (exact) mass is 261 g/mol. The molecule has 2 aromatic rings. The number of nitrogen functional groups attached to an aromatic ring is 1. The Labute approximate surface area is 112 Å². The zero-order valence-corrected chi connectivity index (χ0v) is 11.2. The lowest BCUT2D eigenvalue weighted by molar-refractivity contribution is 0.0941. The van der Waals surface area contributed by atoms with Crippen molar-refractivity contribution in [3.63, 3.8) is 0 Å². The van der Waals surface area contributed by atoms with Gasteiger partial charge in [0.2, 0.25) is 0 Å². The van der Waals surface area contributed by atoms with Crippen LogP contribution in [0.15, 0.2) is 30.7 Å². The molecule has 19 heavy (non-hydrogen) atoms. The number of amides is 1. The van der Waals surface area contributed by atoms with Crippen LogP contribution < -0.4 is 11.1 Å². The molecule has 1 amide bonds. The summed E-state index contributed by atoms with van der Waals surface area (Å²) in [5, 5.41) is 6.95. The molecule has 2 rings (SSSR count). The van der Waals surface area contributed by atoms with Crippen LogP contribution in [-0.4, -0.2) is 26.8 Å². The number of hydrogen-bond donors (Lipinski definition) is 2. The van der Waals surface area contributed by atoms with Crippen LogP contribution in [0.4, 0.5) is 5.69 Å². The standard InChI is InChI=1S/C13H19N5O/c1-10(2)18-9-11(14)8-12(18)13(19)15-5-7-17-6-3-4-16-17/h3-4,6,8-10H,5,7,14H2,1-2H3,(H,15,19). The van der Waals surface area contributed by atoms with Crippen molar-refractivity contribution in [3.8, 4) is 0 Å². The van der Waals surface area contributed by atoms with E-state index in [-0.39, 0.29) is 11.9 Å². The van der Waals surface area contributed by atoms with Gasteiger partial charge in [-0.1, -0.05) is 0 Å². The maximum atomic E-state index is 12.1. The van der Waals surface area contributed by atoms with Crippen molar-refractivity contribution < 1.29 is 4.79 Å². The predicted molar refractivity (Wildman–Crippen MR) is 73.8 cm³/mol. The molecule has 6 heteroatoms. The van der Waals surface area contributed by atoms with Gasteiger partial charge in [-0.25, -0.2) is 0 Å². The van der Waals surface area contributed by atoms with E-state index in [1.165, 1.54) is 0 Å². The number of rotatable bonds is 5. The fraction of sp³-hybridized carbons (Fsp3) is 0.385. The van der Waals surface area contributed by atoms with Gasteiger partial charge < -0.3 is 15.6 Å². The molecule has 2 aromatic heterocycles. The van der Waals surface area contributed by atoms with Gasteiger partial charge in [-0.3, -0.25) is 9.48 Å². The first-order chi connectivity index (χ1) is 9.08. The Morgan fingerprint density at radius 2 is 2.32 bits per heavy atom. The van der Waals surface area contributed by atoms with Crippen molar-refractivity contribution in [2.24, 2.45) is 0 Å². The highest BCUT2D eigenvalue weighted by molar-refractivity contribution is 5.93. The molecule has 3 N–H and O–H groups in total. The molecule has 0 saturated carbocycles. The third-order valence-corrected chi connectivity index (χ3v) is 2.84. The van der Waals surface area contributed by atoms with E-state index in [2.05, 4.69) is 10.4 Å². The maximum Gasteiger partial charge on any atom is 0.268 e. The third-order valence-electron chi connectivity index (χ3n) is 2.84. The average molecular weight is 261 g/mol. The number of nitrogens with zero attached hydrogens (tertiary/aromatic N) is 3. The summed E-state index contributed by atoms with van der Waals surface area (Å²) in [5.41, 5.74) is 6.94. The Hall–Kier alpha value is -2.24. The van der Waals surface area contributed by atoms with Gasteiger partial charge in [-0.05, 0) is 26.0 Å². The van der Waals surface area contributed by atoms with E-state index in [9.17, 15) is 4.79 Å². The molecule has 0 aliphatic rings. The minimum atomic E-state index is -0.113. The minimum Gasteiger partial charge on any atom is -0.397 e. The van der Waals surface area contributed by atoms with Crippen molar-refractivity contribution in [2.45, 2.75) is 26.4 Å². The summed E-state index contributed by atoms with van der Waals surface area (Å²) in [4.78, 5) is 12.1.